The molecule has 1 unspecified atom stereocenters. The molecule has 1 aromatic heterocycles. The number of aromatic nitrogens is 1. The third kappa shape index (κ3) is 4.29. The van der Waals surface area contributed by atoms with Gasteiger partial charge in [0.25, 0.3) is 0 Å². The molecule has 4 rings (SSSR count). The minimum absolute atomic E-state index is 0.0219. The van der Waals surface area contributed by atoms with Crippen LogP contribution in [0.1, 0.15) is 49.8 Å². The number of carbonyl (C=O) groups excluding carboxylic acids is 3. The second-order valence-corrected chi connectivity index (χ2v) is 9.22. The lowest BCUT2D eigenvalue weighted by Crippen LogP contribution is -2.45. The van der Waals surface area contributed by atoms with E-state index in [0.717, 1.165) is 31.4 Å². The summed E-state index contributed by atoms with van der Waals surface area (Å²) in [6.45, 7) is 0.475. The first kappa shape index (κ1) is 22.5. The van der Waals surface area contributed by atoms with Crippen LogP contribution in [-0.2, 0) is 26.2 Å². The number of rotatable bonds is 7. The number of likely N-dealkylation sites (tertiary alicyclic amines) is 1. The van der Waals surface area contributed by atoms with Crippen molar-refractivity contribution >= 4 is 29.3 Å². The highest BCUT2D eigenvalue weighted by Gasteiger charge is 2.56. The fraction of sp³-hybridized carbons (Fsp3) is 0.440. The van der Waals surface area contributed by atoms with Crippen LogP contribution < -0.4 is 0 Å². The van der Waals surface area contributed by atoms with E-state index in [1.807, 2.05) is 18.2 Å². The van der Waals surface area contributed by atoms with E-state index < -0.39 is 5.41 Å². The second kappa shape index (κ2) is 9.41. The summed E-state index contributed by atoms with van der Waals surface area (Å²) in [5, 5.41) is 0.408. The number of imide groups is 1. The molecule has 6 nitrogen and oxygen atoms in total. The molecule has 168 valence electrons. The lowest BCUT2D eigenvalue weighted by atomic mass is 9.75. The van der Waals surface area contributed by atoms with Gasteiger partial charge in [-0.2, -0.15) is 0 Å². The van der Waals surface area contributed by atoms with Gasteiger partial charge in [0.15, 0.2) is 0 Å². The Hall–Kier alpha value is -2.73. The molecule has 0 N–H and O–H groups in total. The maximum Gasteiger partial charge on any atom is 0.241 e. The van der Waals surface area contributed by atoms with Crippen molar-refractivity contribution in [3.05, 3.63) is 64.9 Å². The summed E-state index contributed by atoms with van der Waals surface area (Å²) < 4.78 is 0. The highest BCUT2D eigenvalue weighted by atomic mass is 35.5. The minimum Gasteiger partial charge on any atom is -0.345 e. The molecule has 1 aliphatic heterocycles. The Labute approximate surface area is 193 Å². The first-order valence-electron chi connectivity index (χ1n) is 11.2. The molecule has 0 bridgehead atoms. The molecule has 1 aromatic carbocycles. The van der Waals surface area contributed by atoms with Gasteiger partial charge in [0.2, 0.25) is 17.7 Å². The van der Waals surface area contributed by atoms with Gasteiger partial charge in [0, 0.05) is 55.8 Å². The van der Waals surface area contributed by atoms with Gasteiger partial charge in [-0.3, -0.25) is 24.3 Å². The number of halogens is 1. The molecule has 2 fully saturated rings. The highest BCUT2D eigenvalue weighted by molar-refractivity contribution is 6.32. The molecule has 1 atom stereocenters. The normalized spacial score (nSPS) is 21.4. The molecule has 1 saturated carbocycles. The molecule has 3 amide bonds. The lowest BCUT2D eigenvalue weighted by molar-refractivity contribution is -0.144. The molecule has 1 aliphatic carbocycles. The third-order valence-electron chi connectivity index (χ3n) is 6.74. The van der Waals surface area contributed by atoms with E-state index in [0.29, 0.717) is 23.6 Å². The minimum atomic E-state index is -1.26. The predicted molar refractivity (Wildman–Crippen MR) is 122 cm³/mol. The van der Waals surface area contributed by atoms with Crippen LogP contribution in [0.25, 0.3) is 0 Å². The molecule has 1 saturated heterocycles. The van der Waals surface area contributed by atoms with Gasteiger partial charge >= 0.3 is 0 Å². The number of amides is 3. The SMILES string of the molecule is CN(CCc1ccccn1)C(=O)CC1(c2ccccc2Cl)CC(=O)N(C2CCCC2)C1=O. The summed E-state index contributed by atoms with van der Waals surface area (Å²) in [6, 6.07) is 12.7. The van der Waals surface area contributed by atoms with E-state index in [9.17, 15) is 14.4 Å². The highest BCUT2D eigenvalue weighted by Crippen LogP contribution is 2.45. The lowest BCUT2D eigenvalue weighted by Gasteiger charge is -2.31. The van der Waals surface area contributed by atoms with Crippen LogP contribution in [0.4, 0.5) is 0 Å². The maximum atomic E-state index is 13.8. The van der Waals surface area contributed by atoms with Crippen LogP contribution in [0.15, 0.2) is 48.7 Å². The summed E-state index contributed by atoms with van der Waals surface area (Å²) in [5.41, 5.74) is 0.202. The van der Waals surface area contributed by atoms with E-state index in [1.54, 1.807) is 42.4 Å². The summed E-state index contributed by atoms with van der Waals surface area (Å²) in [7, 11) is 1.72. The fourth-order valence-corrected chi connectivity index (χ4v) is 5.25. The molecular formula is C25H28ClN3O3. The smallest absolute Gasteiger partial charge is 0.241 e. The zero-order valence-corrected chi connectivity index (χ0v) is 19.1. The van der Waals surface area contributed by atoms with Crippen LogP contribution in [0.2, 0.25) is 5.02 Å². The molecular weight excluding hydrogens is 426 g/mol. The predicted octanol–water partition coefficient (Wildman–Crippen LogP) is 3.77. The van der Waals surface area contributed by atoms with E-state index >= 15 is 0 Å². The maximum absolute atomic E-state index is 13.8. The second-order valence-electron chi connectivity index (χ2n) is 8.81. The summed E-state index contributed by atoms with van der Waals surface area (Å²) in [4.78, 5) is 47.5. The van der Waals surface area contributed by atoms with Crippen molar-refractivity contribution in [1.82, 2.24) is 14.8 Å². The average Bonchev–Trinajstić information content (AvgIpc) is 3.39. The Balaban J connectivity index is 1.59. The van der Waals surface area contributed by atoms with Gasteiger partial charge in [-0.1, -0.05) is 48.7 Å². The third-order valence-corrected chi connectivity index (χ3v) is 7.07. The Morgan fingerprint density at radius 1 is 1.16 bits per heavy atom. The van der Waals surface area contributed by atoms with Crippen LogP contribution in [0, 0.1) is 0 Å². The average molecular weight is 454 g/mol. The first-order valence-corrected chi connectivity index (χ1v) is 11.6. The van der Waals surface area contributed by atoms with Gasteiger partial charge < -0.3 is 4.90 Å². The number of likely N-dealkylation sites (N-methyl/N-ethyl adjacent to an activating group) is 1. The van der Waals surface area contributed by atoms with Crippen LogP contribution in [0.5, 0.6) is 0 Å². The largest absolute Gasteiger partial charge is 0.345 e. The number of hydrogen-bond acceptors (Lipinski definition) is 4. The van der Waals surface area contributed by atoms with E-state index in [-0.39, 0.29) is 36.6 Å². The number of nitrogens with zero attached hydrogens (tertiary/aromatic N) is 3. The number of benzene rings is 1. The van der Waals surface area contributed by atoms with Crippen molar-refractivity contribution in [1.29, 1.82) is 0 Å². The van der Waals surface area contributed by atoms with Gasteiger partial charge in [0.05, 0.1) is 5.41 Å². The van der Waals surface area contributed by atoms with Crippen LogP contribution in [-0.4, -0.2) is 52.1 Å². The molecule has 0 radical (unpaired) electrons. The van der Waals surface area contributed by atoms with Crippen molar-refractivity contribution in [3.63, 3.8) is 0 Å². The van der Waals surface area contributed by atoms with Crippen molar-refractivity contribution in [2.24, 2.45) is 0 Å². The summed E-state index contributed by atoms with van der Waals surface area (Å²) in [5.74, 6) is -0.671. The van der Waals surface area contributed by atoms with Crippen molar-refractivity contribution in [2.75, 3.05) is 13.6 Å². The van der Waals surface area contributed by atoms with E-state index in [4.69, 9.17) is 11.6 Å². The zero-order valence-electron chi connectivity index (χ0n) is 18.3. The molecule has 32 heavy (non-hydrogen) atoms. The Morgan fingerprint density at radius 3 is 2.56 bits per heavy atom. The van der Waals surface area contributed by atoms with Crippen LogP contribution >= 0.6 is 11.6 Å². The Bertz CT molecular complexity index is 1010. The topological polar surface area (TPSA) is 70.6 Å². The monoisotopic (exact) mass is 453 g/mol. The van der Waals surface area contributed by atoms with E-state index in [2.05, 4.69) is 4.98 Å². The molecule has 2 heterocycles. The quantitative estimate of drug-likeness (QED) is 0.598. The molecule has 7 heteroatoms. The van der Waals surface area contributed by atoms with Gasteiger partial charge in [-0.15, -0.1) is 0 Å². The molecule has 2 aliphatic rings. The van der Waals surface area contributed by atoms with Crippen molar-refractivity contribution in [3.8, 4) is 0 Å². The molecule has 2 aromatic rings. The number of pyridine rings is 1. The van der Waals surface area contributed by atoms with Gasteiger partial charge in [-0.05, 0) is 36.6 Å². The van der Waals surface area contributed by atoms with Crippen LogP contribution in [0.3, 0.4) is 0 Å². The fourth-order valence-electron chi connectivity index (χ4n) is 4.93. The standard InChI is InChI=1S/C25H28ClN3O3/c1-28(15-13-18-8-6-7-14-27-18)22(30)16-25(20-11-4-5-12-21(20)26)17-23(31)29(24(25)32)19-9-2-3-10-19/h4-8,11-12,14,19H,2-3,9-10,13,15-17H2,1H3. The van der Waals surface area contributed by atoms with Gasteiger partial charge in [0.1, 0.15) is 0 Å². The van der Waals surface area contributed by atoms with Crippen molar-refractivity contribution < 1.29 is 14.4 Å². The number of hydrogen-bond donors (Lipinski definition) is 0. The van der Waals surface area contributed by atoms with E-state index in [1.165, 1.54) is 4.90 Å². The number of carbonyl (C=O) groups is 3. The summed E-state index contributed by atoms with van der Waals surface area (Å²) >= 11 is 6.50. The zero-order chi connectivity index (χ0) is 22.7. The first-order chi connectivity index (χ1) is 15.4. The van der Waals surface area contributed by atoms with Crippen molar-refractivity contribution in [2.45, 2.75) is 56.4 Å². The Kier molecular flexibility index (Phi) is 6.60. The Morgan fingerprint density at radius 2 is 1.88 bits per heavy atom. The summed E-state index contributed by atoms with van der Waals surface area (Å²) in [6.07, 6.45) is 5.91. The van der Waals surface area contributed by atoms with Gasteiger partial charge in [-0.25, -0.2) is 0 Å². The molecule has 0 spiro atoms.